The lowest BCUT2D eigenvalue weighted by Gasteiger charge is -2.31. The number of hydrogen-bond donors (Lipinski definition) is 1. The minimum absolute atomic E-state index is 0.0192. The number of Topliss-reactive ketones (excluding diaryl/α,β-unsaturated/α-hetero) is 1. The Morgan fingerprint density at radius 1 is 1.03 bits per heavy atom. The van der Waals surface area contributed by atoms with E-state index in [0.717, 1.165) is 14.0 Å². The molecule has 0 unspecified atom stereocenters. The zero-order valence-corrected chi connectivity index (χ0v) is 17.8. The van der Waals surface area contributed by atoms with E-state index in [1.54, 1.807) is 0 Å². The van der Waals surface area contributed by atoms with Gasteiger partial charge in [-0.1, -0.05) is 0 Å². The number of hydrogen-bond acceptors (Lipinski definition) is 4. The molecular formula is C23H24F4N2O3. The summed E-state index contributed by atoms with van der Waals surface area (Å²) < 4.78 is 59.9. The van der Waals surface area contributed by atoms with Gasteiger partial charge in [0.1, 0.15) is 17.2 Å². The normalized spacial score (nSPS) is 14.9. The first-order chi connectivity index (χ1) is 15.2. The van der Waals surface area contributed by atoms with Gasteiger partial charge in [-0.2, -0.15) is 4.39 Å². The van der Waals surface area contributed by atoms with Crippen molar-refractivity contribution < 1.29 is 31.9 Å². The lowest BCUT2D eigenvalue weighted by Crippen LogP contribution is -2.41. The smallest absolute Gasteiger partial charge is 0.258 e. The predicted molar refractivity (Wildman–Crippen MR) is 110 cm³/mol. The SMILES string of the molecule is COc1c(F)c(F)c(C)c(F)c1C(=O)NCCN1CCC(C(=O)c2ccc(F)cc2)CC1. The van der Waals surface area contributed by atoms with Gasteiger partial charge in [-0.05, 0) is 57.1 Å². The number of amides is 1. The van der Waals surface area contributed by atoms with Crippen molar-refractivity contribution >= 4 is 11.7 Å². The molecule has 0 atom stereocenters. The molecule has 0 spiro atoms. The minimum atomic E-state index is -1.41. The number of benzene rings is 2. The first kappa shape index (κ1) is 23.7. The summed E-state index contributed by atoms with van der Waals surface area (Å²) in [6.45, 7) is 2.87. The standard InChI is InChI=1S/C23H24F4N2O3/c1-13-18(25)17(22(32-2)20(27)19(13)26)23(31)28-9-12-29-10-7-15(8-11-29)21(30)14-3-5-16(24)6-4-14/h3-6,15H,7-12H2,1-2H3,(H,28,31). The number of nitrogens with one attached hydrogen (secondary N) is 1. The Morgan fingerprint density at radius 2 is 1.66 bits per heavy atom. The summed E-state index contributed by atoms with van der Waals surface area (Å²) in [4.78, 5) is 27.0. The molecule has 1 fully saturated rings. The van der Waals surface area contributed by atoms with Gasteiger partial charge < -0.3 is 15.0 Å². The molecule has 5 nitrogen and oxygen atoms in total. The van der Waals surface area contributed by atoms with Crippen molar-refractivity contribution in [3.63, 3.8) is 0 Å². The number of carbonyl (C=O) groups excluding carboxylic acids is 2. The number of rotatable bonds is 7. The second-order valence-electron chi connectivity index (χ2n) is 7.72. The number of ketones is 1. The average Bonchev–Trinajstić information content (AvgIpc) is 2.80. The topological polar surface area (TPSA) is 58.6 Å². The van der Waals surface area contributed by atoms with Crippen LogP contribution < -0.4 is 10.1 Å². The predicted octanol–water partition coefficient (Wildman–Crippen LogP) is 3.88. The lowest BCUT2D eigenvalue weighted by molar-refractivity contribution is 0.0838. The Labute approximate surface area is 183 Å². The first-order valence-electron chi connectivity index (χ1n) is 10.3. The summed E-state index contributed by atoms with van der Waals surface area (Å²) in [5, 5.41) is 2.51. The van der Waals surface area contributed by atoms with Gasteiger partial charge in [0.25, 0.3) is 5.91 Å². The lowest BCUT2D eigenvalue weighted by atomic mass is 9.89. The van der Waals surface area contributed by atoms with Crippen LogP contribution in [0.5, 0.6) is 5.75 Å². The third-order valence-corrected chi connectivity index (χ3v) is 5.73. The fourth-order valence-corrected chi connectivity index (χ4v) is 3.84. The van der Waals surface area contributed by atoms with Gasteiger partial charge >= 0.3 is 0 Å². The van der Waals surface area contributed by atoms with E-state index in [9.17, 15) is 27.2 Å². The molecule has 0 bridgehead atoms. The molecule has 32 heavy (non-hydrogen) atoms. The van der Waals surface area contributed by atoms with Crippen LogP contribution in [0.2, 0.25) is 0 Å². The van der Waals surface area contributed by atoms with E-state index in [1.807, 2.05) is 4.90 Å². The Hall–Kier alpha value is -2.94. The largest absolute Gasteiger partial charge is 0.493 e. The van der Waals surface area contributed by atoms with E-state index in [1.165, 1.54) is 24.3 Å². The number of methoxy groups -OCH3 is 1. The van der Waals surface area contributed by atoms with Crippen LogP contribution in [0.15, 0.2) is 24.3 Å². The van der Waals surface area contributed by atoms with Crippen LogP contribution in [0.1, 0.15) is 39.1 Å². The van der Waals surface area contributed by atoms with Gasteiger partial charge in [0.05, 0.1) is 7.11 Å². The second-order valence-corrected chi connectivity index (χ2v) is 7.72. The number of halogens is 4. The van der Waals surface area contributed by atoms with Crippen LogP contribution in [0.4, 0.5) is 17.6 Å². The third-order valence-electron chi connectivity index (χ3n) is 5.73. The van der Waals surface area contributed by atoms with Crippen LogP contribution in [0.25, 0.3) is 0 Å². The molecule has 1 aliphatic rings. The van der Waals surface area contributed by atoms with Gasteiger partial charge in [0.2, 0.25) is 5.82 Å². The van der Waals surface area contributed by atoms with Crippen LogP contribution in [-0.2, 0) is 0 Å². The molecule has 0 radical (unpaired) electrons. The molecule has 1 heterocycles. The van der Waals surface area contributed by atoms with E-state index in [-0.39, 0.29) is 18.2 Å². The van der Waals surface area contributed by atoms with Crippen molar-refractivity contribution in [1.29, 1.82) is 0 Å². The molecule has 1 aliphatic heterocycles. The van der Waals surface area contributed by atoms with Gasteiger partial charge in [-0.15, -0.1) is 0 Å². The Balaban J connectivity index is 1.52. The second kappa shape index (κ2) is 10.1. The number of piperidine rings is 1. The molecule has 0 saturated carbocycles. The molecule has 1 N–H and O–H groups in total. The molecule has 1 saturated heterocycles. The summed E-state index contributed by atoms with van der Waals surface area (Å²) >= 11 is 0. The highest BCUT2D eigenvalue weighted by molar-refractivity contribution is 5.98. The molecular weight excluding hydrogens is 428 g/mol. The summed E-state index contributed by atoms with van der Waals surface area (Å²) in [6, 6.07) is 5.48. The van der Waals surface area contributed by atoms with E-state index >= 15 is 0 Å². The molecule has 1 amide bonds. The zero-order chi connectivity index (χ0) is 23.4. The number of nitrogens with zero attached hydrogens (tertiary/aromatic N) is 1. The molecule has 172 valence electrons. The van der Waals surface area contributed by atoms with E-state index in [4.69, 9.17) is 4.74 Å². The monoisotopic (exact) mass is 452 g/mol. The first-order valence-corrected chi connectivity index (χ1v) is 10.3. The van der Waals surface area contributed by atoms with Crippen molar-refractivity contribution in [3.05, 3.63) is 64.2 Å². The summed E-state index contributed by atoms with van der Waals surface area (Å²) in [5.74, 6) is -6.22. The van der Waals surface area contributed by atoms with Crippen LogP contribution >= 0.6 is 0 Å². The molecule has 0 aromatic heterocycles. The fourth-order valence-electron chi connectivity index (χ4n) is 3.84. The molecule has 0 aliphatic carbocycles. The highest BCUT2D eigenvalue weighted by atomic mass is 19.2. The fraction of sp³-hybridized carbons (Fsp3) is 0.391. The molecule has 3 rings (SSSR count). The van der Waals surface area contributed by atoms with Gasteiger partial charge in [-0.25, -0.2) is 13.2 Å². The van der Waals surface area contributed by atoms with Crippen molar-refractivity contribution in [3.8, 4) is 5.75 Å². The molecule has 2 aromatic carbocycles. The van der Waals surface area contributed by atoms with Crippen LogP contribution in [0, 0.1) is 36.1 Å². The van der Waals surface area contributed by atoms with Gasteiger partial charge in [0.15, 0.2) is 17.3 Å². The average molecular weight is 452 g/mol. The van der Waals surface area contributed by atoms with Crippen LogP contribution in [-0.4, -0.2) is 49.9 Å². The zero-order valence-electron chi connectivity index (χ0n) is 17.8. The van der Waals surface area contributed by atoms with Gasteiger partial charge in [0, 0.05) is 30.1 Å². The van der Waals surface area contributed by atoms with E-state index < -0.39 is 46.1 Å². The highest BCUT2D eigenvalue weighted by Gasteiger charge is 2.29. The maximum absolute atomic E-state index is 14.4. The van der Waals surface area contributed by atoms with Gasteiger partial charge in [-0.3, -0.25) is 9.59 Å². The highest BCUT2D eigenvalue weighted by Crippen LogP contribution is 2.30. The van der Waals surface area contributed by atoms with Crippen molar-refractivity contribution in [2.45, 2.75) is 19.8 Å². The molecule has 9 heteroatoms. The Morgan fingerprint density at radius 3 is 2.25 bits per heavy atom. The minimum Gasteiger partial charge on any atom is -0.493 e. The third kappa shape index (κ3) is 4.93. The Kier molecular flexibility index (Phi) is 7.50. The molecule has 2 aromatic rings. The van der Waals surface area contributed by atoms with Crippen molar-refractivity contribution in [1.82, 2.24) is 10.2 Å². The van der Waals surface area contributed by atoms with E-state index in [0.29, 0.717) is 38.0 Å². The van der Waals surface area contributed by atoms with Crippen molar-refractivity contribution in [2.24, 2.45) is 5.92 Å². The van der Waals surface area contributed by atoms with Crippen molar-refractivity contribution in [2.75, 3.05) is 33.3 Å². The summed E-state index contributed by atoms with van der Waals surface area (Å²) in [5.41, 5.74) is -0.788. The summed E-state index contributed by atoms with van der Waals surface area (Å²) in [7, 11) is 1.03. The quantitative estimate of drug-likeness (QED) is 0.394. The van der Waals surface area contributed by atoms with E-state index in [2.05, 4.69) is 5.32 Å². The number of carbonyl (C=O) groups is 2. The maximum Gasteiger partial charge on any atom is 0.258 e. The maximum atomic E-state index is 14.4. The number of likely N-dealkylation sites (tertiary alicyclic amines) is 1. The summed E-state index contributed by atoms with van der Waals surface area (Å²) in [6.07, 6.45) is 1.24. The van der Waals surface area contributed by atoms with Crippen LogP contribution in [0.3, 0.4) is 0 Å². The number of ether oxygens (including phenoxy) is 1. The Bertz CT molecular complexity index is 1000.